The Morgan fingerprint density at radius 1 is 1.21 bits per heavy atom. The van der Waals surface area contributed by atoms with Crippen LogP contribution in [0.5, 0.6) is 0 Å². The number of ether oxygens (including phenoxy) is 1. The average Bonchev–Trinajstić information content (AvgIpc) is 2.97. The van der Waals surface area contributed by atoms with Crippen LogP contribution >= 0.6 is 0 Å². The summed E-state index contributed by atoms with van der Waals surface area (Å²) in [5.74, 6) is 1.25. The van der Waals surface area contributed by atoms with E-state index >= 15 is 0 Å². The fourth-order valence-corrected chi connectivity index (χ4v) is 4.27. The van der Waals surface area contributed by atoms with Crippen molar-refractivity contribution in [1.82, 2.24) is 19.7 Å². The van der Waals surface area contributed by atoms with Crippen molar-refractivity contribution >= 4 is 6.09 Å². The minimum Gasteiger partial charge on any atom is -0.465 e. The molecule has 1 amide bonds. The second-order valence-electron chi connectivity index (χ2n) is 7.88. The number of nitrogens with zero attached hydrogens (tertiary/aromatic N) is 4. The number of aromatic nitrogens is 3. The lowest BCUT2D eigenvalue weighted by Gasteiger charge is -2.29. The molecule has 2 aliphatic rings. The van der Waals surface area contributed by atoms with E-state index in [0.717, 1.165) is 37.2 Å². The van der Waals surface area contributed by atoms with Crippen molar-refractivity contribution in [3.63, 3.8) is 0 Å². The summed E-state index contributed by atoms with van der Waals surface area (Å²) in [6.45, 7) is 4.36. The summed E-state index contributed by atoms with van der Waals surface area (Å²) in [7, 11) is 0. The Bertz CT molecular complexity index is 874. The lowest BCUT2D eigenvalue weighted by atomic mass is 9.86. The minimum atomic E-state index is -1.06. The largest absolute Gasteiger partial charge is 0.465 e. The quantitative estimate of drug-likeness (QED) is 0.864. The molecule has 150 valence electrons. The molecule has 0 spiro atoms. The summed E-state index contributed by atoms with van der Waals surface area (Å²) in [5, 5.41) is 18.2. The van der Waals surface area contributed by atoms with Crippen LogP contribution in [-0.4, -0.2) is 43.1 Å². The van der Waals surface area contributed by atoms with Crippen LogP contribution in [0, 0.1) is 5.82 Å². The van der Waals surface area contributed by atoms with Gasteiger partial charge in [-0.05, 0) is 63.3 Å². The molecule has 0 radical (unpaired) electrons. The molecule has 0 saturated heterocycles. The van der Waals surface area contributed by atoms with Crippen molar-refractivity contribution in [3.05, 3.63) is 41.2 Å². The molecule has 1 fully saturated rings. The van der Waals surface area contributed by atoms with Crippen LogP contribution in [0.25, 0.3) is 5.69 Å². The minimum absolute atomic E-state index is 0.125. The number of halogens is 1. The highest BCUT2D eigenvalue weighted by atomic mass is 19.1. The molecule has 1 N–H and O–H groups in total. The van der Waals surface area contributed by atoms with Gasteiger partial charge < -0.3 is 9.84 Å². The zero-order valence-electron chi connectivity index (χ0n) is 16.1. The lowest BCUT2D eigenvalue weighted by Crippen LogP contribution is -2.28. The van der Waals surface area contributed by atoms with Crippen LogP contribution in [-0.2, 0) is 17.8 Å². The molecule has 4 rings (SSSR count). The van der Waals surface area contributed by atoms with Crippen LogP contribution in [0.4, 0.5) is 9.18 Å². The van der Waals surface area contributed by atoms with Crippen molar-refractivity contribution in [2.24, 2.45) is 0 Å². The number of hydrogen-bond acceptors (Lipinski definition) is 4. The fourth-order valence-electron chi connectivity index (χ4n) is 4.27. The fraction of sp³-hybridized carbons (Fsp3) is 0.550. The third-order valence-electron chi connectivity index (χ3n) is 5.51. The standard InChI is InChI=1S/C20H25FN4O3/c1-12(2)28-16-6-3-13(4-7-16)19-23-22-18-11-24(20(26)27)10-14-9-15(21)5-8-17(14)25(18)19/h5,8-9,12-13,16H,3-4,6-7,10-11H2,1-2H3,(H,26,27)/t13-,16-. The van der Waals surface area contributed by atoms with Crippen molar-refractivity contribution in [3.8, 4) is 5.69 Å². The van der Waals surface area contributed by atoms with E-state index in [9.17, 15) is 14.3 Å². The molecule has 1 saturated carbocycles. The van der Waals surface area contributed by atoms with Crippen LogP contribution in [0.1, 0.15) is 62.7 Å². The zero-order valence-corrected chi connectivity index (χ0v) is 16.1. The number of rotatable bonds is 3. The number of benzene rings is 1. The number of carboxylic acid groups (broad SMARTS) is 1. The van der Waals surface area contributed by atoms with Crippen LogP contribution in [0.3, 0.4) is 0 Å². The Hall–Kier alpha value is -2.48. The van der Waals surface area contributed by atoms with Gasteiger partial charge in [0.25, 0.3) is 0 Å². The highest BCUT2D eigenvalue weighted by molar-refractivity contribution is 5.65. The van der Waals surface area contributed by atoms with Gasteiger partial charge in [-0.3, -0.25) is 9.47 Å². The number of carbonyl (C=O) groups is 1. The average molecular weight is 388 g/mol. The molecular weight excluding hydrogens is 363 g/mol. The van der Waals surface area contributed by atoms with Gasteiger partial charge in [0.05, 0.1) is 31.0 Å². The summed E-state index contributed by atoms with van der Waals surface area (Å²) in [6.07, 6.45) is 3.23. The molecule has 0 atom stereocenters. The van der Waals surface area contributed by atoms with E-state index < -0.39 is 6.09 Å². The van der Waals surface area contributed by atoms with Gasteiger partial charge in [-0.15, -0.1) is 10.2 Å². The number of amides is 1. The monoisotopic (exact) mass is 388 g/mol. The van der Waals surface area contributed by atoms with Gasteiger partial charge in [-0.2, -0.15) is 0 Å². The van der Waals surface area contributed by atoms with Crippen molar-refractivity contribution < 1.29 is 19.0 Å². The smallest absolute Gasteiger partial charge is 0.408 e. The van der Waals surface area contributed by atoms with E-state index in [-0.39, 0.29) is 37.0 Å². The van der Waals surface area contributed by atoms with E-state index in [2.05, 4.69) is 24.0 Å². The van der Waals surface area contributed by atoms with Crippen LogP contribution in [0.15, 0.2) is 18.2 Å². The zero-order chi connectivity index (χ0) is 19.8. The van der Waals surface area contributed by atoms with Gasteiger partial charge in [0.15, 0.2) is 5.82 Å². The molecule has 2 heterocycles. The van der Waals surface area contributed by atoms with E-state index in [1.54, 1.807) is 6.07 Å². The van der Waals surface area contributed by atoms with Gasteiger partial charge in [0.1, 0.15) is 11.6 Å². The van der Waals surface area contributed by atoms with Crippen LogP contribution in [0.2, 0.25) is 0 Å². The summed E-state index contributed by atoms with van der Waals surface area (Å²) < 4.78 is 21.7. The predicted molar refractivity (Wildman–Crippen MR) is 99.8 cm³/mol. The second-order valence-corrected chi connectivity index (χ2v) is 7.88. The highest BCUT2D eigenvalue weighted by Gasteiger charge is 2.32. The lowest BCUT2D eigenvalue weighted by molar-refractivity contribution is -0.0151. The Morgan fingerprint density at radius 3 is 2.64 bits per heavy atom. The van der Waals surface area contributed by atoms with Gasteiger partial charge >= 0.3 is 6.09 Å². The first-order chi connectivity index (χ1) is 13.4. The van der Waals surface area contributed by atoms with E-state index in [1.807, 2.05) is 4.57 Å². The van der Waals surface area contributed by atoms with E-state index in [0.29, 0.717) is 11.4 Å². The third kappa shape index (κ3) is 3.61. The molecule has 8 heteroatoms. The van der Waals surface area contributed by atoms with Crippen molar-refractivity contribution in [2.45, 2.75) is 70.7 Å². The summed E-state index contributed by atoms with van der Waals surface area (Å²) in [6, 6.07) is 4.49. The third-order valence-corrected chi connectivity index (χ3v) is 5.51. The maximum absolute atomic E-state index is 13.8. The van der Waals surface area contributed by atoms with Gasteiger partial charge in [-0.1, -0.05) is 0 Å². The van der Waals surface area contributed by atoms with E-state index in [4.69, 9.17) is 4.74 Å². The van der Waals surface area contributed by atoms with Crippen molar-refractivity contribution in [2.75, 3.05) is 0 Å². The van der Waals surface area contributed by atoms with Gasteiger partial charge in [0, 0.05) is 5.92 Å². The van der Waals surface area contributed by atoms with Gasteiger partial charge in [0.2, 0.25) is 0 Å². The van der Waals surface area contributed by atoms with Crippen LogP contribution < -0.4 is 0 Å². The molecule has 1 aliphatic carbocycles. The second kappa shape index (κ2) is 7.50. The first-order valence-electron chi connectivity index (χ1n) is 9.78. The molecule has 0 unspecified atom stereocenters. The molecule has 7 nitrogen and oxygen atoms in total. The summed E-state index contributed by atoms with van der Waals surface area (Å²) >= 11 is 0. The molecule has 1 aromatic carbocycles. The Labute approximate surface area is 163 Å². The first kappa shape index (κ1) is 18.9. The Morgan fingerprint density at radius 2 is 1.96 bits per heavy atom. The maximum Gasteiger partial charge on any atom is 0.408 e. The summed E-state index contributed by atoms with van der Waals surface area (Å²) in [4.78, 5) is 12.8. The normalized spacial score (nSPS) is 21.9. The molecule has 28 heavy (non-hydrogen) atoms. The molecule has 0 bridgehead atoms. The maximum atomic E-state index is 13.8. The molecular formula is C20H25FN4O3. The molecule has 2 aromatic rings. The molecule has 1 aromatic heterocycles. The first-order valence-corrected chi connectivity index (χ1v) is 9.78. The number of hydrogen-bond donors (Lipinski definition) is 1. The molecule has 1 aliphatic heterocycles. The SMILES string of the molecule is CC(C)O[C@H]1CC[C@H](c2nnc3n2-c2ccc(F)cc2CN(C(=O)O)C3)CC1. The highest BCUT2D eigenvalue weighted by Crippen LogP contribution is 2.36. The topological polar surface area (TPSA) is 80.5 Å². The van der Waals surface area contributed by atoms with Gasteiger partial charge in [-0.25, -0.2) is 9.18 Å². The number of fused-ring (bicyclic) bond motifs is 3. The Balaban J connectivity index is 1.67. The predicted octanol–water partition coefficient (Wildman–Crippen LogP) is 3.85. The van der Waals surface area contributed by atoms with E-state index in [1.165, 1.54) is 17.0 Å². The Kier molecular flexibility index (Phi) is 5.05. The van der Waals surface area contributed by atoms with Crippen molar-refractivity contribution in [1.29, 1.82) is 0 Å². The summed E-state index contributed by atoms with van der Waals surface area (Å²) in [5.41, 5.74) is 1.39.